The molecule has 0 fully saturated rings. The van der Waals surface area contributed by atoms with Crippen molar-refractivity contribution >= 4 is 0 Å². The van der Waals surface area contributed by atoms with Gasteiger partial charge < -0.3 is 5.32 Å². The van der Waals surface area contributed by atoms with E-state index in [0.29, 0.717) is 17.7 Å². The molecular weight excluding hydrogens is 258 g/mol. The summed E-state index contributed by atoms with van der Waals surface area (Å²) < 4.78 is 27.9. The number of hydrogen-bond donors (Lipinski definition) is 1. The summed E-state index contributed by atoms with van der Waals surface area (Å²) in [5.41, 5.74) is 2.32. The molecule has 0 saturated carbocycles. The summed E-state index contributed by atoms with van der Waals surface area (Å²) in [5.74, 6) is -1.58. The molecule has 106 valence electrons. The highest BCUT2D eigenvalue weighted by Gasteiger charge is 2.20. The third kappa shape index (κ3) is 2.85. The van der Waals surface area contributed by atoms with Gasteiger partial charge in [-0.15, -0.1) is 0 Å². The van der Waals surface area contributed by atoms with Gasteiger partial charge in [-0.3, -0.25) is 4.98 Å². The van der Waals surface area contributed by atoms with Crippen LogP contribution in [0.4, 0.5) is 8.78 Å². The Bertz CT molecular complexity index is 594. The summed E-state index contributed by atoms with van der Waals surface area (Å²) in [5, 5.41) is 3.18. The van der Waals surface area contributed by atoms with Gasteiger partial charge in [0.1, 0.15) is 0 Å². The lowest BCUT2D eigenvalue weighted by molar-refractivity contribution is 0.478. The van der Waals surface area contributed by atoms with Crippen LogP contribution in [0.25, 0.3) is 0 Å². The minimum absolute atomic E-state index is 0.306. The number of aryl methyl sites for hydroxylation is 2. The van der Waals surface area contributed by atoms with E-state index in [1.165, 1.54) is 0 Å². The lowest BCUT2D eigenvalue weighted by atomic mass is 9.98. The van der Waals surface area contributed by atoms with Crippen LogP contribution in [0.2, 0.25) is 0 Å². The van der Waals surface area contributed by atoms with Crippen LogP contribution in [0.15, 0.2) is 30.5 Å². The van der Waals surface area contributed by atoms with Crippen LogP contribution < -0.4 is 5.32 Å². The number of benzene rings is 1. The van der Waals surface area contributed by atoms with Gasteiger partial charge >= 0.3 is 0 Å². The molecule has 0 radical (unpaired) electrons. The van der Waals surface area contributed by atoms with Crippen molar-refractivity contribution in [3.8, 4) is 0 Å². The molecule has 4 heteroatoms. The van der Waals surface area contributed by atoms with Crippen LogP contribution in [0, 0.1) is 25.5 Å². The molecule has 0 amide bonds. The molecule has 1 aromatic carbocycles. The third-order valence-corrected chi connectivity index (χ3v) is 3.29. The number of hydrogen-bond acceptors (Lipinski definition) is 2. The zero-order valence-corrected chi connectivity index (χ0v) is 11.9. The van der Waals surface area contributed by atoms with Crippen molar-refractivity contribution in [1.29, 1.82) is 0 Å². The number of halogens is 2. The second-order valence-electron chi connectivity index (χ2n) is 4.82. The van der Waals surface area contributed by atoms with Crippen LogP contribution in [0.5, 0.6) is 0 Å². The zero-order valence-electron chi connectivity index (χ0n) is 11.9. The van der Waals surface area contributed by atoms with Crippen molar-refractivity contribution in [3.05, 3.63) is 64.5 Å². The summed E-state index contributed by atoms with van der Waals surface area (Å²) in [6.07, 6.45) is 1.69. The van der Waals surface area contributed by atoms with Gasteiger partial charge in [-0.25, -0.2) is 8.78 Å². The Labute approximate surface area is 117 Å². The first kappa shape index (κ1) is 14.6. The molecule has 1 heterocycles. The lowest BCUT2D eigenvalue weighted by Crippen LogP contribution is -2.23. The molecule has 1 atom stereocenters. The summed E-state index contributed by atoms with van der Waals surface area (Å²) in [4.78, 5) is 4.22. The molecule has 0 aliphatic rings. The Morgan fingerprint density at radius 1 is 1.10 bits per heavy atom. The third-order valence-electron chi connectivity index (χ3n) is 3.29. The number of aromatic nitrogens is 1. The highest BCUT2D eigenvalue weighted by molar-refractivity contribution is 5.34. The van der Waals surface area contributed by atoms with Gasteiger partial charge in [0.05, 0.1) is 6.04 Å². The van der Waals surface area contributed by atoms with E-state index in [1.807, 2.05) is 26.0 Å². The second kappa shape index (κ2) is 6.09. The largest absolute Gasteiger partial charge is 0.306 e. The van der Waals surface area contributed by atoms with Crippen LogP contribution in [-0.2, 0) is 0 Å². The molecule has 0 aliphatic carbocycles. The number of nitrogens with zero attached hydrogens (tertiary/aromatic N) is 1. The summed E-state index contributed by atoms with van der Waals surface area (Å²) in [6.45, 7) is 6.01. The first-order valence-electron chi connectivity index (χ1n) is 6.65. The van der Waals surface area contributed by atoms with Crippen molar-refractivity contribution in [2.75, 3.05) is 6.54 Å². The van der Waals surface area contributed by atoms with Crippen LogP contribution in [0.3, 0.4) is 0 Å². The molecular formula is C16H18F2N2. The molecule has 0 aliphatic heterocycles. The molecule has 1 unspecified atom stereocenters. The molecule has 2 rings (SSSR count). The Morgan fingerprint density at radius 3 is 2.45 bits per heavy atom. The zero-order chi connectivity index (χ0) is 14.7. The van der Waals surface area contributed by atoms with Crippen LogP contribution >= 0.6 is 0 Å². The van der Waals surface area contributed by atoms with E-state index in [-0.39, 0.29) is 0 Å². The van der Waals surface area contributed by atoms with E-state index in [4.69, 9.17) is 0 Å². The fourth-order valence-corrected chi connectivity index (χ4v) is 2.15. The van der Waals surface area contributed by atoms with Gasteiger partial charge in [0, 0.05) is 17.5 Å². The van der Waals surface area contributed by atoms with Crippen LogP contribution in [-0.4, -0.2) is 11.5 Å². The predicted molar refractivity (Wildman–Crippen MR) is 75.6 cm³/mol. The Kier molecular flexibility index (Phi) is 4.45. The fraction of sp³-hybridized carbons (Fsp3) is 0.312. The van der Waals surface area contributed by atoms with E-state index in [9.17, 15) is 8.78 Å². The smallest absolute Gasteiger partial charge is 0.164 e. The molecule has 0 saturated heterocycles. The summed E-state index contributed by atoms with van der Waals surface area (Å²) in [7, 11) is 0. The van der Waals surface area contributed by atoms with Crippen molar-refractivity contribution in [3.63, 3.8) is 0 Å². The van der Waals surface area contributed by atoms with Crippen molar-refractivity contribution in [2.45, 2.75) is 26.8 Å². The molecule has 20 heavy (non-hydrogen) atoms. The highest BCUT2D eigenvalue weighted by atomic mass is 19.2. The maximum absolute atomic E-state index is 14.2. The Hall–Kier alpha value is -1.81. The average molecular weight is 276 g/mol. The quantitative estimate of drug-likeness (QED) is 0.921. The molecule has 1 N–H and O–H groups in total. The van der Waals surface area contributed by atoms with Gasteiger partial charge in [-0.1, -0.05) is 25.1 Å². The molecule has 2 aromatic rings. The Morgan fingerprint density at radius 2 is 1.85 bits per heavy atom. The van der Waals surface area contributed by atoms with Gasteiger partial charge in [0.15, 0.2) is 11.6 Å². The van der Waals surface area contributed by atoms with Gasteiger partial charge in [0.2, 0.25) is 0 Å². The van der Waals surface area contributed by atoms with Crippen molar-refractivity contribution in [1.82, 2.24) is 10.3 Å². The Balaban J connectivity index is 2.48. The molecule has 2 nitrogen and oxygen atoms in total. The fourth-order valence-electron chi connectivity index (χ4n) is 2.15. The summed E-state index contributed by atoms with van der Waals surface area (Å²) >= 11 is 0. The second-order valence-corrected chi connectivity index (χ2v) is 4.82. The van der Waals surface area contributed by atoms with E-state index >= 15 is 0 Å². The van der Waals surface area contributed by atoms with Crippen molar-refractivity contribution in [2.24, 2.45) is 0 Å². The number of nitrogens with one attached hydrogen (secondary N) is 1. The van der Waals surface area contributed by atoms with E-state index in [0.717, 1.165) is 11.3 Å². The molecule has 1 aromatic heterocycles. The first-order chi connectivity index (χ1) is 9.54. The van der Waals surface area contributed by atoms with Crippen molar-refractivity contribution < 1.29 is 8.78 Å². The van der Waals surface area contributed by atoms with Gasteiger partial charge in [-0.2, -0.15) is 0 Å². The first-order valence-corrected chi connectivity index (χ1v) is 6.65. The summed E-state index contributed by atoms with van der Waals surface area (Å²) in [6, 6.07) is 6.57. The van der Waals surface area contributed by atoms with E-state index in [2.05, 4.69) is 10.3 Å². The predicted octanol–water partition coefficient (Wildman–Crippen LogP) is 3.68. The van der Waals surface area contributed by atoms with Crippen LogP contribution in [0.1, 0.15) is 35.3 Å². The SMILES string of the molecule is CCNC(c1ccc(C)nc1)c1ccc(C)c(F)c1F. The number of rotatable bonds is 4. The maximum atomic E-state index is 14.2. The maximum Gasteiger partial charge on any atom is 0.164 e. The minimum Gasteiger partial charge on any atom is -0.306 e. The molecule has 0 spiro atoms. The topological polar surface area (TPSA) is 24.9 Å². The van der Waals surface area contributed by atoms with E-state index < -0.39 is 17.7 Å². The van der Waals surface area contributed by atoms with E-state index in [1.54, 1.807) is 25.3 Å². The lowest BCUT2D eigenvalue weighted by Gasteiger charge is -2.20. The molecule has 0 bridgehead atoms. The number of pyridine rings is 1. The average Bonchev–Trinajstić information content (AvgIpc) is 2.44. The van der Waals surface area contributed by atoms with Gasteiger partial charge in [-0.05, 0) is 37.6 Å². The minimum atomic E-state index is -0.795. The monoisotopic (exact) mass is 276 g/mol. The highest BCUT2D eigenvalue weighted by Crippen LogP contribution is 2.26. The standard InChI is InChI=1S/C16H18F2N2/c1-4-19-16(12-7-6-11(3)20-9-12)13-8-5-10(2)14(17)15(13)18/h5-9,16,19H,4H2,1-3H3. The van der Waals surface area contributed by atoms with Gasteiger partial charge in [0.25, 0.3) is 0 Å². The normalized spacial score (nSPS) is 12.4.